The first-order valence-corrected chi connectivity index (χ1v) is 9.21. The van der Waals surface area contributed by atoms with Crippen LogP contribution < -0.4 is 16.0 Å². The molecule has 0 aliphatic carbocycles. The second kappa shape index (κ2) is 10.4. The summed E-state index contributed by atoms with van der Waals surface area (Å²) in [5, 5.41) is 8.73. The molecule has 2 rings (SSSR count). The van der Waals surface area contributed by atoms with Gasteiger partial charge >= 0.3 is 0 Å². The minimum Gasteiger partial charge on any atom is -0.331 e. The highest BCUT2D eigenvalue weighted by atomic mass is 35.5. The van der Waals surface area contributed by atoms with Crippen molar-refractivity contribution in [3.63, 3.8) is 0 Å². The first-order valence-electron chi connectivity index (χ1n) is 8.42. The predicted molar refractivity (Wildman–Crippen MR) is 115 cm³/mol. The Balaban J connectivity index is 1.95. The second-order valence-corrected chi connectivity index (χ2v) is 6.50. The lowest BCUT2D eigenvalue weighted by Crippen LogP contribution is -2.32. The summed E-state index contributed by atoms with van der Waals surface area (Å²) in [5.74, 6) is -0.437. The lowest BCUT2D eigenvalue weighted by molar-refractivity contribution is -0.116. The molecular weight excluding hydrogens is 382 g/mol. The van der Waals surface area contributed by atoms with E-state index >= 15 is 0 Å². The molecule has 2 amide bonds. The largest absolute Gasteiger partial charge is 0.331 e. The van der Waals surface area contributed by atoms with Gasteiger partial charge < -0.3 is 10.6 Å². The number of halogens is 1. The average Bonchev–Trinajstić information content (AvgIpc) is 2.64. The Morgan fingerprint density at radius 2 is 1.85 bits per heavy atom. The molecule has 0 saturated carbocycles. The third kappa shape index (κ3) is 7.21. The number of hydrogen-bond acceptors (Lipinski definition) is 3. The topological polar surface area (TPSA) is 70.2 Å². The van der Waals surface area contributed by atoms with Crippen molar-refractivity contribution in [2.45, 2.75) is 19.8 Å². The number of nitrogens with one attached hydrogen (secondary N) is 3. The minimum absolute atomic E-state index is 0.0762. The second-order valence-electron chi connectivity index (χ2n) is 5.68. The number of carbonyl (C=O) groups is 2. The molecule has 0 bridgehead atoms. The van der Waals surface area contributed by atoms with Gasteiger partial charge in [0.1, 0.15) is 0 Å². The lowest BCUT2D eigenvalue weighted by atomic mass is 10.2. The number of thiocarbonyl (C=S) groups is 1. The van der Waals surface area contributed by atoms with Crippen molar-refractivity contribution in [3.05, 3.63) is 65.2 Å². The Labute approximate surface area is 168 Å². The normalized spacial score (nSPS) is 10.4. The van der Waals surface area contributed by atoms with Crippen LogP contribution in [-0.4, -0.2) is 16.9 Å². The van der Waals surface area contributed by atoms with Gasteiger partial charge in [0.05, 0.1) is 10.7 Å². The van der Waals surface area contributed by atoms with Gasteiger partial charge in [0.2, 0.25) is 11.8 Å². The van der Waals surface area contributed by atoms with Gasteiger partial charge in [-0.2, -0.15) is 0 Å². The van der Waals surface area contributed by atoms with Crippen molar-refractivity contribution < 1.29 is 9.59 Å². The van der Waals surface area contributed by atoms with E-state index in [4.69, 9.17) is 23.8 Å². The third-order valence-electron chi connectivity index (χ3n) is 3.44. The molecule has 3 N–H and O–H groups in total. The fraction of sp³-hybridized carbons (Fsp3) is 0.150. The predicted octanol–water partition coefficient (Wildman–Crippen LogP) is 4.61. The molecule has 0 aliphatic rings. The number of rotatable bonds is 6. The molecule has 0 unspecified atom stereocenters. The molecule has 5 nitrogen and oxygen atoms in total. The fourth-order valence-corrected chi connectivity index (χ4v) is 2.57. The molecule has 2 aromatic carbocycles. The monoisotopic (exact) mass is 401 g/mol. The van der Waals surface area contributed by atoms with E-state index in [1.807, 2.05) is 37.3 Å². The van der Waals surface area contributed by atoms with Crippen molar-refractivity contribution >= 4 is 58.2 Å². The number of hydrogen-bond donors (Lipinski definition) is 3. The molecule has 2 aromatic rings. The number of amides is 2. The van der Waals surface area contributed by atoms with E-state index in [0.717, 1.165) is 12.0 Å². The van der Waals surface area contributed by atoms with Crippen LogP contribution in [0.4, 0.5) is 11.4 Å². The smallest absolute Gasteiger partial charge is 0.250 e. The van der Waals surface area contributed by atoms with Crippen LogP contribution in [0.25, 0.3) is 6.08 Å². The van der Waals surface area contributed by atoms with Gasteiger partial charge in [-0.1, -0.05) is 48.9 Å². The fourth-order valence-electron chi connectivity index (χ4n) is 2.19. The number of carbonyl (C=O) groups excluding carboxylic acids is 2. The molecule has 0 radical (unpaired) electrons. The Morgan fingerprint density at radius 1 is 1.11 bits per heavy atom. The standard InChI is InChI=1S/C20H20ClN3O2S/c1-2-6-18(25)22-15-10-11-16(21)17(13-15)23-20(27)24-19(26)12-9-14-7-4-3-5-8-14/h3-5,7-13H,2,6H2,1H3,(H,22,25)(H2,23,24,26,27)/b12-9+. The van der Waals surface area contributed by atoms with Crippen LogP contribution in [0.1, 0.15) is 25.3 Å². The van der Waals surface area contributed by atoms with Gasteiger partial charge in [-0.3, -0.25) is 14.9 Å². The summed E-state index contributed by atoms with van der Waals surface area (Å²) in [4.78, 5) is 23.7. The summed E-state index contributed by atoms with van der Waals surface area (Å²) >= 11 is 11.3. The van der Waals surface area contributed by atoms with E-state index < -0.39 is 0 Å². The molecule has 140 valence electrons. The van der Waals surface area contributed by atoms with Crippen molar-refractivity contribution in [1.82, 2.24) is 5.32 Å². The van der Waals surface area contributed by atoms with E-state index in [1.54, 1.807) is 24.3 Å². The van der Waals surface area contributed by atoms with Crippen molar-refractivity contribution in [2.24, 2.45) is 0 Å². The molecule has 27 heavy (non-hydrogen) atoms. The summed E-state index contributed by atoms with van der Waals surface area (Å²) in [7, 11) is 0. The molecule has 0 heterocycles. The summed E-state index contributed by atoms with van der Waals surface area (Å²) in [6, 6.07) is 14.5. The summed E-state index contributed by atoms with van der Waals surface area (Å²) in [5.41, 5.74) is 1.99. The van der Waals surface area contributed by atoms with Crippen molar-refractivity contribution in [2.75, 3.05) is 10.6 Å². The van der Waals surface area contributed by atoms with E-state index in [9.17, 15) is 9.59 Å². The van der Waals surface area contributed by atoms with E-state index in [2.05, 4.69) is 16.0 Å². The Hall–Kier alpha value is -2.70. The van der Waals surface area contributed by atoms with Crippen LogP contribution in [0.5, 0.6) is 0 Å². The quantitative estimate of drug-likeness (QED) is 0.488. The maximum atomic E-state index is 12.0. The summed E-state index contributed by atoms with van der Waals surface area (Å²) in [6.07, 6.45) is 4.28. The van der Waals surface area contributed by atoms with Gasteiger partial charge in [-0.05, 0) is 48.5 Å². The first-order chi connectivity index (χ1) is 13.0. The molecule has 0 spiro atoms. The Morgan fingerprint density at radius 3 is 2.56 bits per heavy atom. The zero-order valence-corrected chi connectivity index (χ0v) is 16.4. The first kappa shape index (κ1) is 20.6. The van der Waals surface area contributed by atoms with Gasteiger partial charge in [-0.15, -0.1) is 0 Å². The third-order valence-corrected chi connectivity index (χ3v) is 3.97. The molecular formula is C20H20ClN3O2S. The Kier molecular flexibility index (Phi) is 7.98. The molecule has 7 heteroatoms. The number of anilines is 2. The van der Waals surface area contributed by atoms with Crippen molar-refractivity contribution in [3.8, 4) is 0 Å². The van der Waals surface area contributed by atoms with Crippen LogP contribution in [0.2, 0.25) is 5.02 Å². The SMILES string of the molecule is CCCC(=O)Nc1ccc(Cl)c(NC(=S)NC(=O)/C=C/c2ccccc2)c1. The van der Waals surface area contributed by atoms with Gasteiger partial charge in [-0.25, -0.2) is 0 Å². The van der Waals surface area contributed by atoms with E-state index in [-0.39, 0.29) is 16.9 Å². The zero-order valence-electron chi connectivity index (χ0n) is 14.8. The van der Waals surface area contributed by atoms with Crippen molar-refractivity contribution in [1.29, 1.82) is 0 Å². The highest BCUT2D eigenvalue weighted by Gasteiger charge is 2.08. The molecule has 0 saturated heterocycles. The van der Waals surface area contributed by atoms with E-state index in [0.29, 0.717) is 22.8 Å². The maximum Gasteiger partial charge on any atom is 0.250 e. The van der Waals surface area contributed by atoms with Crippen LogP contribution in [0.3, 0.4) is 0 Å². The maximum absolute atomic E-state index is 12.0. The molecule has 0 aliphatic heterocycles. The molecule has 0 aromatic heterocycles. The highest BCUT2D eigenvalue weighted by Crippen LogP contribution is 2.25. The highest BCUT2D eigenvalue weighted by molar-refractivity contribution is 7.80. The van der Waals surface area contributed by atoms with Crippen LogP contribution in [0, 0.1) is 0 Å². The molecule has 0 atom stereocenters. The van der Waals surface area contributed by atoms with E-state index in [1.165, 1.54) is 6.08 Å². The Bertz CT molecular complexity index is 854. The molecule has 0 fully saturated rings. The van der Waals surface area contributed by atoms with Gasteiger partial charge in [0.15, 0.2) is 5.11 Å². The summed E-state index contributed by atoms with van der Waals surface area (Å²) in [6.45, 7) is 1.93. The number of benzene rings is 2. The van der Waals surface area contributed by atoms with Crippen LogP contribution >= 0.6 is 23.8 Å². The average molecular weight is 402 g/mol. The van der Waals surface area contributed by atoms with Crippen LogP contribution in [-0.2, 0) is 9.59 Å². The van der Waals surface area contributed by atoms with Gasteiger partial charge in [0.25, 0.3) is 0 Å². The van der Waals surface area contributed by atoms with Gasteiger partial charge in [0, 0.05) is 18.2 Å². The zero-order chi connectivity index (χ0) is 19.6. The summed E-state index contributed by atoms with van der Waals surface area (Å²) < 4.78 is 0. The lowest BCUT2D eigenvalue weighted by Gasteiger charge is -2.12. The minimum atomic E-state index is -0.361. The van der Waals surface area contributed by atoms with Crippen LogP contribution in [0.15, 0.2) is 54.6 Å².